The molecule has 4 heteroatoms. The molecule has 0 aromatic heterocycles. The minimum Gasteiger partial charge on any atom is -0.480 e. The molecule has 1 aliphatic rings. The molecule has 0 aliphatic carbocycles. The lowest BCUT2D eigenvalue weighted by Crippen LogP contribution is -2.46. The third-order valence-corrected chi connectivity index (χ3v) is 3.31. The van der Waals surface area contributed by atoms with Gasteiger partial charge in [0.2, 0.25) is 0 Å². The number of rotatable bonds is 7. The third kappa shape index (κ3) is 3.76. The van der Waals surface area contributed by atoms with E-state index in [2.05, 4.69) is 10.2 Å². The maximum Gasteiger partial charge on any atom is 0.320 e. The van der Waals surface area contributed by atoms with Gasteiger partial charge in [0.15, 0.2) is 0 Å². The average molecular weight is 228 g/mol. The summed E-state index contributed by atoms with van der Waals surface area (Å²) in [5.41, 5.74) is 0. The number of carbonyl (C=O) groups is 1. The Bertz CT molecular complexity index is 215. The lowest BCUT2D eigenvalue weighted by atomic mass is 10.1. The van der Waals surface area contributed by atoms with Gasteiger partial charge in [-0.15, -0.1) is 0 Å². The number of carboxylic acids is 1. The van der Waals surface area contributed by atoms with Gasteiger partial charge in [-0.25, -0.2) is 0 Å². The third-order valence-electron chi connectivity index (χ3n) is 3.31. The van der Waals surface area contributed by atoms with E-state index in [0.717, 1.165) is 32.5 Å². The number of hydrogen-bond donors (Lipinski definition) is 2. The summed E-state index contributed by atoms with van der Waals surface area (Å²) in [5.74, 6) is -0.679. The molecule has 1 aliphatic heterocycles. The van der Waals surface area contributed by atoms with Crippen molar-refractivity contribution in [3.8, 4) is 0 Å². The Morgan fingerprint density at radius 2 is 2.31 bits per heavy atom. The Morgan fingerprint density at radius 3 is 2.75 bits per heavy atom. The lowest BCUT2D eigenvalue weighted by molar-refractivity contribution is -0.143. The molecular weight excluding hydrogens is 204 g/mol. The molecule has 2 atom stereocenters. The molecule has 1 heterocycles. The van der Waals surface area contributed by atoms with E-state index in [-0.39, 0.29) is 6.04 Å². The molecule has 0 amide bonds. The number of nitrogens with one attached hydrogen (secondary N) is 1. The van der Waals surface area contributed by atoms with Gasteiger partial charge in [0, 0.05) is 12.6 Å². The number of hydrogen-bond acceptors (Lipinski definition) is 3. The fraction of sp³-hybridized carbons (Fsp3) is 0.917. The maximum absolute atomic E-state index is 11.2. The Hall–Kier alpha value is -0.610. The van der Waals surface area contributed by atoms with E-state index < -0.39 is 5.97 Å². The molecule has 0 aromatic rings. The van der Waals surface area contributed by atoms with Gasteiger partial charge >= 0.3 is 5.97 Å². The number of nitrogens with zero attached hydrogens (tertiary/aromatic N) is 1. The Balaban J connectivity index is 2.51. The van der Waals surface area contributed by atoms with Gasteiger partial charge < -0.3 is 10.4 Å². The Kier molecular flexibility index (Phi) is 5.77. The molecule has 0 aromatic carbocycles. The Morgan fingerprint density at radius 1 is 1.56 bits per heavy atom. The van der Waals surface area contributed by atoms with Crippen LogP contribution in [0.1, 0.15) is 39.5 Å². The summed E-state index contributed by atoms with van der Waals surface area (Å²) in [4.78, 5) is 13.3. The summed E-state index contributed by atoms with van der Waals surface area (Å²) in [7, 11) is 0. The van der Waals surface area contributed by atoms with Crippen LogP contribution in [0.2, 0.25) is 0 Å². The van der Waals surface area contributed by atoms with Crippen LogP contribution in [0, 0.1) is 0 Å². The zero-order valence-electron chi connectivity index (χ0n) is 10.4. The van der Waals surface area contributed by atoms with Crippen LogP contribution in [0.5, 0.6) is 0 Å². The standard InChI is InChI=1S/C12H24N2O2/c1-3-6-11(12(15)16)14(4-2)9-10-7-5-8-13-10/h10-11,13H,3-9H2,1-2H3,(H,15,16). The zero-order valence-corrected chi connectivity index (χ0v) is 10.4. The van der Waals surface area contributed by atoms with E-state index in [1.165, 1.54) is 12.8 Å². The number of likely N-dealkylation sites (N-methyl/N-ethyl adjacent to an activating group) is 1. The van der Waals surface area contributed by atoms with E-state index in [9.17, 15) is 9.90 Å². The molecule has 0 saturated carbocycles. The van der Waals surface area contributed by atoms with E-state index in [4.69, 9.17) is 0 Å². The molecule has 2 unspecified atom stereocenters. The van der Waals surface area contributed by atoms with Crippen molar-refractivity contribution in [2.24, 2.45) is 0 Å². The first-order valence-corrected chi connectivity index (χ1v) is 6.39. The van der Waals surface area contributed by atoms with Crippen molar-refractivity contribution in [3.05, 3.63) is 0 Å². The highest BCUT2D eigenvalue weighted by atomic mass is 16.4. The second-order valence-electron chi connectivity index (χ2n) is 4.52. The van der Waals surface area contributed by atoms with Crippen molar-refractivity contribution in [2.45, 2.75) is 51.6 Å². The van der Waals surface area contributed by atoms with Crippen LogP contribution < -0.4 is 5.32 Å². The Labute approximate surface area is 98.0 Å². The van der Waals surface area contributed by atoms with Crippen molar-refractivity contribution < 1.29 is 9.90 Å². The number of aliphatic carboxylic acids is 1. The smallest absolute Gasteiger partial charge is 0.320 e. The molecule has 4 nitrogen and oxygen atoms in total. The molecule has 1 rings (SSSR count). The maximum atomic E-state index is 11.2. The van der Waals surface area contributed by atoms with E-state index >= 15 is 0 Å². The van der Waals surface area contributed by atoms with Crippen molar-refractivity contribution in [3.63, 3.8) is 0 Å². The monoisotopic (exact) mass is 228 g/mol. The van der Waals surface area contributed by atoms with Crippen LogP contribution in [0.3, 0.4) is 0 Å². The SMILES string of the molecule is CCCC(C(=O)O)N(CC)CC1CCCN1. The topological polar surface area (TPSA) is 52.6 Å². The highest BCUT2D eigenvalue weighted by Crippen LogP contribution is 2.12. The molecule has 2 N–H and O–H groups in total. The van der Waals surface area contributed by atoms with Gasteiger partial charge in [-0.3, -0.25) is 9.69 Å². The van der Waals surface area contributed by atoms with Crippen LogP contribution in [0.4, 0.5) is 0 Å². The molecule has 1 fully saturated rings. The highest BCUT2D eigenvalue weighted by Gasteiger charge is 2.26. The van der Waals surface area contributed by atoms with Crippen molar-refractivity contribution >= 4 is 5.97 Å². The van der Waals surface area contributed by atoms with Crippen LogP contribution in [0.15, 0.2) is 0 Å². The molecule has 94 valence electrons. The average Bonchev–Trinajstić information content (AvgIpc) is 2.75. The zero-order chi connectivity index (χ0) is 12.0. The van der Waals surface area contributed by atoms with Gasteiger partial charge in [-0.2, -0.15) is 0 Å². The van der Waals surface area contributed by atoms with Crippen LogP contribution >= 0.6 is 0 Å². The second-order valence-corrected chi connectivity index (χ2v) is 4.52. The fourth-order valence-corrected chi connectivity index (χ4v) is 2.41. The first-order valence-electron chi connectivity index (χ1n) is 6.39. The van der Waals surface area contributed by atoms with Gasteiger partial charge in [-0.05, 0) is 32.4 Å². The molecular formula is C12H24N2O2. The second kappa shape index (κ2) is 6.86. The van der Waals surface area contributed by atoms with Gasteiger partial charge in [-0.1, -0.05) is 20.3 Å². The van der Waals surface area contributed by atoms with Crippen LogP contribution in [0.25, 0.3) is 0 Å². The predicted octanol–water partition coefficient (Wildman–Crippen LogP) is 1.31. The summed E-state index contributed by atoms with van der Waals surface area (Å²) in [6.07, 6.45) is 4.06. The first kappa shape index (κ1) is 13.5. The largest absolute Gasteiger partial charge is 0.480 e. The predicted molar refractivity (Wildman–Crippen MR) is 64.6 cm³/mol. The summed E-state index contributed by atoms with van der Waals surface area (Å²) >= 11 is 0. The van der Waals surface area contributed by atoms with Crippen LogP contribution in [-0.4, -0.2) is 47.7 Å². The first-order chi connectivity index (χ1) is 7.69. The molecule has 16 heavy (non-hydrogen) atoms. The van der Waals surface area contributed by atoms with Crippen LogP contribution in [-0.2, 0) is 4.79 Å². The van der Waals surface area contributed by atoms with Crippen molar-refractivity contribution in [1.82, 2.24) is 10.2 Å². The van der Waals surface area contributed by atoms with Crippen molar-refractivity contribution in [2.75, 3.05) is 19.6 Å². The summed E-state index contributed by atoms with van der Waals surface area (Å²) < 4.78 is 0. The van der Waals surface area contributed by atoms with E-state index in [1.807, 2.05) is 13.8 Å². The van der Waals surface area contributed by atoms with Crippen molar-refractivity contribution in [1.29, 1.82) is 0 Å². The van der Waals surface area contributed by atoms with Gasteiger partial charge in [0.25, 0.3) is 0 Å². The quantitative estimate of drug-likeness (QED) is 0.690. The fourth-order valence-electron chi connectivity index (χ4n) is 2.41. The van der Waals surface area contributed by atoms with E-state index in [1.54, 1.807) is 0 Å². The molecule has 0 radical (unpaired) electrons. The molecule has 0 bridgehead atoms. The minimum atomic E-state index is -0.679. The summed E-state index contributed by atoms with van der Waals surface area (Å²) in [6.45, 7) is 6.84. The minimum absolute atomic E-state index is 0.308. The lowest BCUT2D eigenvalue weighted by Gasteiger charge is -2.29. The number of carboxylic acid groups (broad SMARTS) is 1. The van der Waals surface area contributed by atoms with Gasteiger partial charge in [0.05, 0.1) is 0 Å². The molecule has 1 saturated heterocycles. The summed E-state index contributed by atoms with van der Waals surface area (Å²) in [6, 6.07) is 0.177. The summed E-state index contributed by atoms with van der Waals surface area (Å²) in [5, 5.41) is 12.6. The highest BCUT2D eigenvalue weighted by molar-refractivity contribution is 5.73. The molecule has 0 spiro atoms. The van der Waals surface area contributed by atoms with E-state index in [0.29, 0.717) is 6.04 Å². The normalized spacial score (nSPS) is 22.6. The van der Waals surface area contributed by atoms with Gasteiger partial charge in [0.1, 0.15) is 6.04 Å².